The number of likely N-dealkylation sites (tertiary alicyclic amines) is 1. The largest absolute Gasteiger partial charge is 0.496 e. The molecule has 2 unspecified atom stereocenters. The first-order valence-corrected chi connectivity index (χ1v) is 15.8. The van der Waals surface area contributed by atoms with E-state index >= 15 is 0 Å². The Kier molecular flexibility index (Phi) is 10.1. The molecule has 0 radical (unpaired) electrons. The number of benzene rings is 4. The second kappa shape index (κ2) is 14.6. The molecule has 11 heteroatoms. The van der Waals surface area contributed by atoms with Crippen LogP contribution in [0.1, 0.15) is 29.4 Å². The van der Waals surface area contributed by atoms with Crippen LogP contribution >= 0.6 is 23.2 Å². The van der Waals surface area contributed by atoms with Crippen molar-refractivity contribution < 1.29 is 28.2 Å². The Bertz CT molecular complexity index is 1760. The monoisotopic (exact) mass is 663 g/mol. The molecule has 1 aliphatic heterocycles. The van der Waals surface area contributed by atoms with Gasteiger partial charge in [0.2, 0.25) is 5.82 Å². The lowest BCUT2D eigenvalue weighted by Gasteiger charge is -2.39. The predicted molar refractivity (Wildman–Crippen MR) is 177 cm³/mol. The number of fused-ring (bicyclic) bond motifs is 1. The van der Waals surface area contributed by atoms with Crippen molar-refractivity contribution in [2.24, 2.45) is 0 Å². The fourth-order valence-electron chi connectivity index (χ4n) is 5.96. The number of piperidine rings is 1. The summed E-state index contributed by atoms with van der Waals surface area (Å²) in [5.74, 6) is 3.82. The highest BCUT2D eigenvalue weighted by Gasteiger charge is 2.33. The number of methoxy groups -OCH3 is 3. The quantitative estimate of drug-likeness (QED) is 0.0987. The van der Waals surface area contributed by atoms with Crippen molar-refractivity contribution in [3.05, 3.63) is 95.9 Å². The van der Waals surface area contributed by atoms with Gasteiger partial charge in [0.1, 0.15) is 23.0 Å². The maximum absolute atomic E-state index is 6.64. The van der Waals surface area contributed by atoms with Crippen molar-refractivity contribution in [1.29, 1.82) is 0 Å². The Morgan fingerprint density at radius 2 is 1.61 bits per heavy atom. The summed E-state index contributed by atoms with van der Waals surface area (Å²) < 4.78 is 35.0. The Morgan fingerprint density at radius 3 is 2.35 bits per heavy atom. The van der Waals surface area contributed by atoms with Gasteiger partial charge < -0.3 is 28.2 Å². The van der Waals surface area contributed by atoms with Gasteiger partial charge in [-0.25, -0.2) is 0 Å². The number of hydrogen-bond acceptors (Lipinski definition) is 9. The van der Waals surface area contributed by atoms with Crippen molar-refractivity contribution in [1.82, 2.24) is 15.0 Å². The molecule has 6 rings (SSSR count). The molecule has 5 aromatic rings. The zero-order chi connectivity index (χ0) is 32.0. The maximum Gasteiger partial charge on any atom is 0.264 e. The summed E-state index contributed by atoms with van der Waals surface area (Å²) in [5, 5.41) is 6.04. The standard InChI is InChI=1S/C35H35Cl2N3O6/c1-41-29-11-7-6-10-28(29)34-38-32(46-39-34)21-44-24-14-12-22(13-15-24)25-16-17-40(35(36)37)19-31(25)45-20-23-18-30(42-2)26-8-4-5-9-27(26)33(23)43-3/h4-15,18,25,31,35H,16-17,19-21H2,1-3H3. The molecule has 1 aromatic heterocycles. The summed E-state index contributed by atoms with van der Waals surface area (Å²) >= 11 is 12.6. The van der Waals surface area contributed by atoms with E-state index in [1.807, 2.05) is 71.6 Å². The highest BCUT2D eigenvalue weighted by Crippen LogP contribution is 2.39. The Balaban J connectivity index is 1.15. The molecule has 0 amide bonds. The zero-order valence-electron chi connectivity index (χ0n) is 25.8. The van der Waals surface area contributed by atoms with Crippen LogP contribution in [0.25, 0.3) is 22.2 Å². The number of hydrogen-bond donors (Lipinski definition) is 0. The lowest BCUT2D eigenvalue weighted by molar-refractivity contribution is -0.0231. The van der Waals surface area contributed by atoms with Crippen LogP contribution in [0.2, 0.25) is 0 Å². The van der Waals surface area contributed by atoms with Crippen molar-refractivity contribution >= 4 is 34.0 Å². The number of aromatic nitrogens is 2. The number of ether oxygens (including phenoxy) is 5. The van der Waals surface area contributed by atoms with Gasteiger partial charge in [-0.15, -0.1) is 0 Å². The van der Waals surface area contributed by atoms with Gasteiger partial charge in [0, 0.05) is 35.3 Å². The summed E-state index contributed by atoms with van der Waals surface area (Å²) in [6, 6.07) is 25.5. The summed E-state index contributed by atoms with van der Waals surface area (Å²) in [4.78, 5) is 5.87. The molecule has 46 heavy (non-hydrogen) atoms. The summed E-state index contributed by atoms with van der Waals surface area (Å²) in [6.45, 7) is 1.80. The minimum Gasteiger partial charge on any atom is -0.496 e. The van der Waals surface area contributed by atoms with Crippen molar-refractivity contribution in [3.8, 4) is 34.4 Å². The second-order valence-electron chi connectivity index (χ2n) is 10.9. The van der Waals surface area contributed by atoms with E-state index in [0.717, 1.165) is 51.9 Å². The highest BCUT2D eigenvalue weighted by molar-refractivity contribution is 6.43. The predicted octanol–water partition coefficient (Wildman–Crippen LogP) is 7.63. The molecular weight excluding hydrogens is 629 g/mol. The van der Waals surface area contributed by atoms with Gasteiger partial charge in [-0.05, 0) is 42.3 Å². The third-order valence-corrected chi connectivity index (χ3v) is 8.82. The first kappa shape index (κ1) is 31.9. The van der Waals surface area contributed by atoms with Gasteiger partial charge >= 0.3 is 0 Å². The van der Waals surface area contributed by atoms with Gasteiger partial charge in [-0.3, -0.25) is 4.90 Å². The average molecular weight is 665 g/mol. The molecule has 0 bridgehead atoms. The van der Waals surface area contributed by atoms with Crippen molar-refractivity contribution in [2.45, 2.75) is 36.6 Å². The van der Waals surface area contributed by atoms with E-state index in [-0.39, 0.29) is 18.6 Å². The van der Waals surface area contributed by atoms with E-state index in [1.165, 1.54) is 0 Å². The van der Waals surface area contributed by atoms with Crippen LogP contribution in [0, 0.1) is 0 Å². The average Bonchev–Trinajstić information content (AvgIpc) is 3.58. The van der Waals surface area contributed by atoms with E-state index in [4.69, 9.17) is 51.4 Å². The van der Waals surface area contributed by atoms with E-state index in [1.54, 1.807) is 21.3 Å². The molecule has 0 spiro atoms. The van der Waals surface area contributed by atoms with E-state index < -0.39 is 4.96 Å². The molecule has 240 valence electrons. The molecule has 0 aliphatic carbocycles. The topological polar surface area (TPSA) is 88.3 Å². The normalized spacial score (nSPS) is 16.9. The van der Waals surface area contributed by atoms with Crippen LogP contribution < -0.4 is 18.9 Å². The molecule has 2 heterocycles. The molecular formula is C35H35Cl2N3O6. The molecule has 1 saturated heterocycles. The summed E-state index contributed by atoms with van der Waals surface area (Å²) in [5.41, 5.74) is 2.79. The van der Waals surface area contributed by atoms with Crippen molar-refractivity contribution in [2.75, 3.05) is 34.4 Å². The molecule has 4 aromatic carbocycles. The first-order valence-electron chi connectivity index (χ1n) is 14.9. The SMILES string of the molecule is COc1ccccc1-c1noc(COc2ccc(C3CCN(C(Cl)Cl)CC3OCc3cc(OC)c4ccccc4c3OC)cc2)n1. The Morgan fingerprint density at radius 1 is 0.870 bits per heavy atom. The molecule has 2 atom stereocenters. The minimum atomic E-state index is -0.619. The molecule has 1 aliphatic rings. The molecule has 0 saturated carbocycles. The fraction of sp³-hybridized carbons (Fsp3) is 0.314. The molecule has 0 N–H and O–H groups in total. The lowest BCUT2D eigenvalue weighted by Crippen LogP contribution is -2.45. The smallest absolute Gasteiger partial charge is 0.264 e. The van der Waals surface area contributed by atoms with Crippen LogP contribution in [0.4, 0.5) is 0 Å². The van der Waals surface area contributed by atoms with Crippen LogP contribution in [-0.2, 0) is 18.0 Å². The summed E-state index contributed by atoms with van der Waals surface area (Å²) in [7, 11) is 4.95. The number of nitrogens with zero attached hydrogens (tertiary/aromatic N) is 3. The number of halogens is 2. The van der Waals surface area contributed by atoms with Gasteiger partial charge in [0.05, 0.1) is 39.6 Å². The molecule has 1 fully saturated rings. The third kappa shape index (κ3) is 6.88. The molecule has 9 nitrogen and oxygen atoms in total. The second-order valence-corrected chi connectivity index (χ2v) is 12.0. The minimum absolute atomic E-state index is 0.116. The number of alkyl halides is 2. The van der Waals surface area contributed by atoms with E-state index in [0.29, 0.717) is 36.4 Å². The maximum atomic E-state index is 6.64. The van der Waals surface area contributed by atoms with Crippen molar-refractivity contribution in [3.63, 3.8) is 0 Å². The summed E-state index contributed by atoms with van der Waals surface area (Å²) in [6.07, 6.45) is 0.654. The number of para-hydroxylation sites is 1. The van der Waals surface area contributed by atoms with E-state index in [9.17, 15) is 0 Å². The van der Waals surface area contributed by atoms with Gasteiger partial charge in [-0.1, -0.05) is 76.9 Å². The Labute approximate surface area is 277 Å². The van der Waals surface area contributed by atoms with Crippen LogP contribution in [0.15, 0.2) is 83.4 Å². The first-order chi connectivity index (χ1) is 22.5. The van der Waals surface area contributed by atoms with E-state index in [2.05, 4.69) is 22.3 Å². The lowest BCUT2D eigenvalue weighted by atomic mass is 9.87. The van der Waals surface area contributed by atoms with Crippen LogP contribution in [-0.4, -0.2) is 60.5 Å². The van der Waals surface area contributed by atoms with Crippen LogP contribution in [0.5, 0.6) is 23.0 Å². The van der Waals surface area contributed by atoms with Gasteiger partial charge in [0.15, 0.2) is 11.6 Å². The highest BCUT2D eigenvalue weighted by atomic mass is 35.5. The van der Waals surface area contributed by atoms with Crippen LogP contribution in [0.3, 0.4) is 0 Å². The zero-order valence-corrected chi connectivity index (χ0v) is 27.3. The fourth-order valence-corrected chi connectivity index (χ4v) is 6.32. The third-order valence-electron chi connectivity index (χ3n) is 8.26. The van der Waals surface area contributed by atoms with Gasteiger partial charge in [0.25, 0.3) is 5.89 Å². The van der Waals surface area contributed by atoms with Gasteiger partial charge in [-0.2, -0.15) is 4.98 Å². The Hall–Kier alpha value is -4.02. The number of rotatable bonds is 12.